The van der Waals surface area contributed by atoms with E-state index in [0.717, 1.165) is 70.3 Å². The zero-order valence-corrected chi connectivity index (χ0v) is 25.7. The van der Waals surface area contributed by atoms with Gasteiger partial charge >= 0.3 is 5.97 Å². The Morgan fingerprint density at radius 1 is 1.23 bits per heavy atom. The lowest BCUT2D eigenvalue weighted by atomic mass is 9.83. The van der Waals surface area contributed by atoms with Gasteiger partial charge in [0.25, 0.3) is 0 Å². The molecule has 0 amide bonds. The Morgan fingerprint density at radius 2 is 2.02 bits per heavy atom. The van der Waals surface area contributed by atoms with Crippen LogP contribution in [0.5, 0.6) is 5.75 Å². The highest BCUT2D eigenvalue weighted by Gasteiger charge is 2.36. The molecule has 4 aromatic rings. The van der Waals surface area contributed by atoms with Gasteiger partial charge in [-0.3, -0.25) is 4.79 Å². The lowest BCUT2D eigenvalue weighted by Crippen LogP contribution is -2.36. The van der Waals surface area contributed by atoms with Gasteiger partial charge in [-0.05, 0) is 78.1 Å². The zero-order chi connectivity index (χ0) is 30.6. The van der Waals surface area contributed by atoms with Crippen LogP contribution in [-0.4, -0.2) is 51.4 Å². The Hall–Kier alpha value is -3.54. The van der Waals surface area contributed by atoms with Crippen molar-refractivity contribution in [3.05, 3.63) is 80.6 Å². The molecular weight excluding hydrogens is 595 g/mol. The minimum Gasteiger partial charge on any atom is -0.488 e. The summed E-state index contributed by atoms with van der Waals surface area (Å²) in [5.74, 6) is -2.22. The predicted molar refractivity (Wildman–Crippen MR) is 160 cm³/mol. The summed E-state index contributed by atoms with van der Waals surface area (Å²) in [4.78, 5) is 12.0. The van der Waals surface area contributed by atoms with E-state index in [4.69, 9.17) is 16.3 Å². The number of fused-ring (bicyclic) bond motifs is 3. The Balaban J connectivity index is 1.46. The van der Waals surface area contributed by atoms with Gasteiger partial charge in [0, 0.05) is 25.6 Å². The van der Waals surface area contributed by atoms with Crippen molar-refractivity contribution in [1.82, 2.24) is 19.3 Å². The van der Waals surface area contributed by atoms with E-state index in [0.29, 0.717) is 11.9 Å². The van der Waals surface area contributed by atoms with Crippen LogP contribution in [0.25, 0.3) is 11.0 Å². The lowest BCUT2D eigenvalue weighted by Gasteiger charge is -2.25. The first-order chi connectivity index (χ1) is 20.5. The minimum atomic E-state index is -4.10. The van der Waals surface area contributed by atoms with Crippen molar-refractivity contribution in [2.75, 3.05) is 6.54 Å². The van der Waals surface area contributed by atoms with Crippen LogP contribution in [0.15, 0.2) is 41.3 Å². The number of carbonyl (C=O) groups is 1. The highest BCUT2D eigenvalue weighted by Crippen LogP contribution is 2.40. The Morgan fingerprint density at radius 3 is 2.77 bits per heavy atom. The molecule has 2 aliphatic rings. The van der Waals surface area contributed by atoms with Crippen molar-refractivity contribution in [3.63, 3.8) is 0 Å². The van der Waals surface area contributed by atoms with Crippen molar-refractivity contribution >= 4 is 38.6 Å². The zero-order valence-electron chi connectivity index (χ0n) is 24.1. The first-order valence-corrected chi connectivity index (χ1v) is 16.1. The molecule has 1 N–H and O–H groups in total. The summed E-state index contributed by atoms with van der Waals surface area (Å²) >= 11 is 6.02. The Bertz CT molecular complexity index is 1880. The van der Waals surface area contributed by atoms with Gasteiger partial charge in [-0.15, -0.1) is 5.10 Å². The third kappa shape index (κ3) is 5.27. The number of sulfonamides is 1. The Kier molecular flexibility index (Phi) is 7.68. The van der Waals surface area contributed by atoms with Gasteiger partial charge in [-0.25, -0.2) is 17.5 Å². The fourth-order valence-electron chi connectivity index (χ4n) is 6.41. The number of nitrogens with zero attached hydrogens (tertiary/aromatic N) is 4. The number of hydrogen-bond donors (Lipinski definition) is 1. The number of aromatic nitrogens is 3. The molecule has 43 heavy (non-hydrogen) atoms. The normalized spacial score (nSPS) is 18.6. The summed E-state index contributed by atoms with van der Waals surface area (Å²) in [5.41, 5.74) is 7.09. The number of aryl methyl sites for hydroxylation is 3. The van der Waals surface area contributed by atoms with E-state index >= 15 is 0 Å². The topological polar surface area (TPSA) is 115 Å². The van der Waals surface area contributed by atoms with Crippen molar-refractivity contribution in [3.8, 4) is 5.75 Å². The van der Waals surface area contributed by atoms with Crippen molar-refractivity contribution in [2.45, 2.75) is 69.4 Å². The van der Waals surface area contributed by atoms with Gasteiger partial charge < -0.3 is 9.84 Å². The van der Waals surface area contributed by atoms with Crippen LogP contribution in [0.1, 0.15) is 65.5 Å². The SMILES string of the molecule is CC[C@@H]1CN(Cc2cc(C(CC(=O)O)c3ccc4c(nnn4C)c3C)cc3c2CCC3)S(=O)(=O)c2cc(Cl)c(F)cc2O1. The molecule has 1 aromatic heterocycles. The van der Waals surface area contributed by atoms with E-state index in [2.05, 4.69) is 16.4 Å². The average Bonchev–Trinajstić information content (AvgIpc) is 3.57. The van der Waals surface area contributed by atoms with Crippen LogP contribution in [0.3, 0.4) is 0 Å². The third-order valence-electron chi connectivity index (χ3n) is 8.67. The van der Waals surface area contributed by atoms with Crippen LogP contribution in [-0.2, 0) is 41.3 Å². The molecule has 2 atom stereocenters. The lowest BCUT2D eigenvalue weighted by molar-refractivity contribution is -0.137. The fraction of sp³-hybridized carbons (Fsp3) is 0.387. The van der Waals surface area contributed by atoms with Gasteiger partial charge in [0.15, 0.2) is 0 Å². The van der Waals surface area contributed by atoms with Crippen molar-refractivity contribution < 1.29 is 27.4 Å². The number of benzene rings is 3. The van der Waals surface area contributed by atoms with Gasteiger partial charge in [0.05, 0.1) is 23.5 Å². The summed E-state index contributed by atoms with van der Waals surface area (Å²) < 4.78 is 51.3. The number of carboxylic acid groups (broad SMARTS) is 1. The van der Waals surface area contributed by atoms with Gasteiger partial charge in [0.2, 0.25) is 10.0 Å². The van der Waals surface area contributed by atoms with E-state index < -0.39 is 33.8 Å². The molecule has 0 radical (unpaired) electrons. The molecule has 1 unspecified atom stereocenters. The maximum Gasteiger partial charge on any atom is 0.304 e. The molecule has 9 nitrogen and oxygen atoms in total. The highest BCUT2D eigenvalue weighted by atomic mass is 35.5. The number of hydrogen-bond acceptors (Lipinski definition) is 6. The maximum absolute atomic E-state index is 14.3. The summed E-state index contributed by atoms with van der Waals surface area (Å²) in [5, 5.41) is 18.1. The van der Waals surface area contributed by atoms with Crippen molar-refractivity contribution in [2.24, 2.45) is 7.05 Å². The van der Waals surface area contributed by atoms with E-state index in [-0.39, 0.29) is 35.2 Å². The van der Waals surface area contributed by atoms with Gasteiger partial charge in [-0.2, -0.15) is 4.31 Å². The smallest absolute Gasteiger partial charge is 0.304 e. The molecule has 3 aromatic carbocycles. The molecule has 0 spiro atoms. The van der Waals surface area contributed by atoms with Crippen molar-refractivity contribution in [1.29, 1.82) is 0 Å². The third-order valence-corrected chi connectivity index (χ3v) is 10.8. The van der Waals surface area contributed by atoms with Gasteiger partial charge in [-0.1, -0.05) is 41.9 Å². The maximum atomic E-state index is 14.3. The van der Waals surface area contributed by atoms with E-state index in [1.807, 2.05) is 39.1 Å². The number of aliphatic carboxylic acids is 1. The van der Waals surface area contributed by atoms with Crippen LogP contribution < -0.4 is 4.74 Å². The molecule has 12 heteroatoms. The Labute approximate surface area is 254 Å². The molecule has 226 valence electrons. The predicted octanol–water partition coefficient (Wildman–Crippen LogP) is 5.53. The first kappa shape index (κ1) is 29.5. The average molecular weight is 627 g/mol. The summed E-state index contributed by atoms with van der Waals surface area (Å²) in [7, 11) is -2.30. The number of rotatable bonds is 7. The second-order valence-corrected chi connectivity index (χ2v) is 13.7. The van der Waals surface area contributed by atoms with Crippen LogP contribution in [0, 0.1) is 12.7 Å². The van der Waals surface area contributed by atoms with Gasteiger partial charge in [0.1, 0.15) is 28.1 Å². The number of carboxylic acids is 1. The van der Waals surface area contributed by atoms with Crippen LogP contribution >= 0.6 is 11.6 Å². The fourth-order valence-corrected chi connectivity index (χ4v) is 8.22. The molecule has 0 fully saturated rings. The van der Waals surface area contributed by atoms with E-state index in [9.17, 15) is 22.7 Å². The second-order valence-electron chi connectivity index (χ2n) is 11.3. The first-order valence-electron chi connectivity index (χ1n) is 14.3. The number of halogens is 2. The molecule has 6 rings (SSSR count). The second kappa shape index (κ2) is 11.2. The molecule has 2 heterocycles. The molecule has 0 saturated carbocycles. The van der Waals surface area contributed by atoms with Crippen LogP contribution in [0.2, 0.25) is 5.02 Å². The quantitative estimate of drug-likeness (QED) is 0.287. The van der Waals surface area contributed by atoms with E-state index in [1.54, 1.807) is 4.68 Å². The highest BCUT2D eigenvalue weighted by molar-refractivity contribution is 7.89. The molecule has 1 aliphatic carbocycles. The number of ether oxygens (including phenoxy) is 1. The standard InChI is InChI=1S/C31H32ClFN4O5S/c1-4-21-16-37(43(40,41)29-13-25(32)26(33)14-28(29)42-21)15-20-11-19(10-18-6-5-7-23(18)20)24(12-30(38)39)22-8-9-27-31(17(22)2)34-35-36(27)3/h8-11,13-14,21,24H,4-7,12,15-16H2,1-3H3,(H,38,39)/t21-,24?/m1/s1. The largest absolute Gasteiger partial charge is 0.488 e. The molecule has 0 saturated heterocycles. The minimum absolute atomic E-state index is 0.0494. The summed E-state index contributed by atoms with van der Waals surface area (Å²) in [6.45, 7) is 3.95. The molecular formula is C31H32ClFN4O5S. The summed E-state index contributed by atoms with van der Waals surface area (Å²) in [6.07, 6.45) is 2.42. The molecule has 1 aliphatic heterocycles. The van der Waals surface area contributed by atoms with Crippen LogP contribution in [0.4, 0.5) is 4.39 Å². The monoisotopic (exact) mass is 626 g/mol. The van der Waals surface area contributed by atoms with E-state index in [1.165, 1.54) is 4.31 Å². The summed E-state index contributed by atoms with van der Waals surface area (Å²) in [6, 6.07) is 10.0. The molecule has 0 bridgehead atoms.